The van der Waals surface area contributed by atoms with Crippen LogP contribution in [0.25, 0.3) is 0 Å². The van der Waals surface area contributed by atoms with Gasteiger partial charge in [0.25, 0.3) is 0 Å². The number of halogens is 1. The Kier molecular flexibility index (Phi) is 3.13. The van der Waals surface area contributed by atoms with Crippen LogP contribution >= 0.6 is 0 Å². The van der Waals surface area contributed by atoms with Crippen LogP contribution in [0, 0.1) is 5.95 Å². The summed E-state index contributed by atoms with van der Waals surface area (Å²) in [5.74, 6) is 0.0491. The molecule has 1 aliphatic rings. The van der Waals surface area contributed by atoms with Crippen molar-refractivity contribution >= 4 is 5.82 Å². The number of aromatic nitrogens is 1. The Balaban J connectivity index is 2.20. The van der Waals surface area contributed by atoms with E-state index in [0.29, 0.717) is 25.6 Å². The van der Waals surface area contributed by atoms with Gasteiger partial charge in [0, 0.05) is 6.54 Å². The van der Waals surface area contributed by atoms with E-state index in [2.05, 4.69) is 4.98 Å². The van der Waals surface area contributed by atoms with Crippen LogP contribution in [0.4, 0.5) is 10.2 Å². The van der Waals surface area contributed by atoms with Crippen molar-refractivity contribution in [2.75, 3.05) is 31.3 Å². The molecule has 1 aromatic heterocycles. The summed E-state index contributed by atoms with van der Waals surface area (Å²) in [6.45, 7) is 1.64. The quantitative estimate of drug-likeness (QED) is 0.722. The van der Waals surface area contributed by atoms with Gasteiger partial charge in [-0.2, -0.15) is 4.39 Å². The molecule has 1 atom stereocenters. The molecular formula is C10H13FN2O2. The van der Waals surface area contributed by atoms with Crippen molar-refractivity contribution in [3.63, 3.8) is 0 Å². The molecule has 0 aliphatic carbocycles. The first kappa shape index (κ1) is 10.3. The Bertz CT molecular complexity index is 335. The Morgan fingerprint density at radius 3 is 3.20 bits per heavy atom. The number of morpholine rings is 1. The van der Waals surface area contributed by atoms with Gasteiger partial charge in [-0.15, -0.1) is 0 Å². The number of ether oxygens (including phenoxy) is 1. The monoisotopic (exact) mass is 212 g/mol. The van der Waals surface area contributed by atoms with E-state index in [1.165, 1.54) is 6.07 Å². The second kappa shape index (κ2) is 4.55. The minimum atomic E-state index is -0.504. The second-order valence-corrected chi connectivity index (χ2v) is 3.42. The molecule has 0 bridgehead atoms. The summed E-state index contributed by atoms with van der Waals surface area (Å²) in [6, 6.07) is 4.52. The van der Waals surface area contributed by atoms with Gasteiger partial charge in [0.05, 0.1) is 25.9 Å². The first-order valence-electron chi connectivity index (χ1n) is 4.89. The fraction of sp³-hybridized carbons (Fsp3) is 0.500. The lowest BCUT2D eigenvalue weighted by Gasteiger charge is -2.35. The molecule has 5 heteroatoms. The standard InChI is InChI=1S/C10H13FN2O2/c11-9-2-1-3-10(12-9)13-4-5-15-7-8(13)6-14/h1-3,8,14H,4-7H2. The normalized spacial score (nSPS) is 21.7. The lowest BCUT2D eigenvalue weighted by Crippen LogP contribution is -2.48. The predicted octanol–water partition coefficient (Wildman–Crippen LogP) is 0.418. The number of hydrogen-bond donors (Lipinski definition) is 1. The zero-order chi connectivity index (χ0) is 10.7. The summed E-state index contributed by atoms with van der Waals surface area (Å²) in [5.41, 5.74) is 0. The Labute approximate surface area is 87.3 Å². The van der Waals surface area contributed by atoms with E-state index in [9.17, 15) is 4.39 Å². The number of anilines is 1. The van der Waals surface area contributed by atoms with Gasteiger partial charge in [0.15, 0.2) is 0 Å². The van der Waals surface area contributed by atoms with Gasteiger partial charge in [-0.1, -0.05) is 6.07 Å². The molecule has 15 heavy (non-hydrogen) atoms. The highest BCUT2D eigenvalue weighted by Gasteiger charge is 2.23. The summed E-state index contributed by atoms with van der Waals surface area (Å²) < 4.78 is 18.2. The van der Waals surface area contributed by atoms with Gasteiger partial charge in [-0.3, -0.25) is 0 Å². The maximum absolute atomic E-state index is 12.9. The minimum Gasteiger partial charge on any atom is -0.394 e. The van der Waals surface area contributed by atoms with Crippen molar-refractivity contribution in [3.05, 3.63) is 24.1 Å². The fourth-order valence-corrected chi connectivity index (χ4v) is 1.67. The molecule has 0 aromatic carbocycles. The molecule has 0 amide bonds. The average Bonchev–Trinajstić information content (AvgIpc) is 2.29. The number of aliphatic hydroxyl groups excluding tert-OH is 1. The molecule has 82 valence electrons. The highest BCUT2D eigenvalue weighted by Crippen LogP contribution is 2.16. The number of hydrogen-bond acceptors (Lipinski definition) is 4. The third-order valence-electron chi connectivity index (χ3n) is 2.43. The van der Waals surface area contributed by atoms with Crippen molar-refractivity contribution in [1.82, 2.24) is 4.98 Å². The fourth-order valence-electron chi connectivity index (χ4n) is 1.67. The SMILES string of the molecule is OCC1COCCN1c1cccc(F)n1. The molecule has 2 rings (SSSR count). The molecule has 2 heterocycles. The number of nitrogens with zero attached hydrogens (tertiary/aromatic N) is 2. The van der Waals surface area contributed by atoms with Crippen LogP contribution in [0.1, 0.15) is 0 Å². The van der Waals surface area contributed by atoms with Gasteiger partial charge < -0.3 is 14.7 Å². The summed E-state index contributed by atoms with van der Waals surface area (Å²) in [4.78, 5) is 5.66. The molecule has 1 N–H and O–H groups in total. The number of aliphatic hydroxyl groups is 1. The molecule has 1 aliphatic heterocycles. The maximum Gasteiger partial charge on any atom is 0.214 e. The molecule has 0 spiro atoms. The Morgan fingerprint density at radius 2 is 2.47 bits per heavy atom. The molecular weight excluding hydrogens is 199 g/mol. The van der Waals surface area contributed by atoms with Gasteiger partial charge in [0.2, 0.25) is 5.95 Å². The number of rotatable bonds is 2. The van der Waals surface area contributed by atoms with Gasteiger partial charge in [-0.05, 0) is 12.1 Å². The number of pyridine rings is 1. The van der Waals surface area contributed by atoms with Crippen molar-refractivity contribution in [2.24, 2.45) is 0 Å². The molecule has 1 aromatic rings. The van der Waals surface area contributed by atoms with Crippen LogP contribution in [0.15, 0.2) is 18.2 Å². The van der Waals surface area contributed by atoms with Crippen LogP contribution in [-0.2, 0) is 4.74 Å². The molecule has 0 radical (unpaired) electrons. The van der Waals surface area contributed by atoms with Crippen LogP contribution in [0.2, 0.25) is 0 Å². The third-order valence-corrected chi connectivity index (χ3v) is 2.43. The van der Waals surface area contributed by atoms with E-state index in [0.717, 1.165) is 0 Å². The van der Waals surface area contributed by atoms with Crippen LogP contribution in [0.5, 0.6) is 0 Å². The van der Waals surface area contributed by atoms with Gasteiger partial charge in [-0.25, -0.2) is 4.98 Å². The average molecular weight is 212 g/mol. The van der Waals surface area contributed by atoms with E-state index in [1.54, 1.807) is 12.1 Å². The summed E-state index contributed by atoms with van der Waals surface area (Å²) in [7, 11) is 0. The van der Waals surface area contributed by atoms with E-state index in [-0.39, 0.29) is 12.6 Å². The summed E-state index contributed by atoms with van der Waals surface area (Å²) in [5, 5.41) is 9.15. The predicted molar refractivity (Wildman–Crippen MR) is 53.2 cm³/mol. The molecule has 1 unspecified atom stereocenters. The molecule has 1 fully saturated rings. The Hall–Kier alpha value is -1.20. The lowest BCUT2D eigenvalue weighted by molar-refractivity contribution is 0.0722. The first-order chi connectivity index (χ1) is 7.31. The minimum absolute atomic E-state index is 0.0157. The molecule has 0 saturated carbocycles. The zero-order valence-electron chi connectivity index (χ0n) is 8.27. The lowest BCUT2D eigenvalue weighted by atomic mass is 10.2. The van der Waals surface area contributed by atoms with E-state index < -0.39 is 5.95 Å². The van der Waals surface area contributed by atoms with Crippen molar-refractivity contribution < 1.29 is 14.2 Å². The highest BCUT2D eigenvalue weighted by atomic mass is 19.1. The molecule has 4 nitrogen and oxygen atoms in total. The zero-order valence-corrected chi connectivity index (χ0v) is 8.27. The van der Waals surface area contributed by atoms with Gasteiger partial charge >= 0.3 is 0 Å². The summed E-state index contributed by atoms with van der Waals surface area (Å²) >= 11 is 0. The smallest absolute Gasteiger partial charge is 0.214 e. The van der Waals surface area contributed by atoms with E-state index in [4.69, 9.17) is 9.84 Å². The third kappa shape index (κ3) is 2.24. The molecule has 1 saturated heterocycles. The topological polar surface area (TPSA) is 45.6 Å². The van der Waals surface area contributed by atoms with Crippen molar-refractivity contribution in [2.45, 2.75) is 6.04 Å². The van der Waals surface area contributed by atoms with Gasteiger partial charge in [0.1, 0.15) is 5.82 Å². The van der Waals surface area contributed by atoms with E-state index >= 15 is 0 Å². The Morgan fingerprint density at radius 1 is 1.60 bits per heavy atom. The van der Waals surface area contributed by atoms with E-state index in [1.807, 2.05) is 4.90 Å². The second-order valence-electron chi connectivity index (χ2n) is 3.42. The van der Waals surface area contributed by atoms with Crippen molar-refractivity contribution in [1.29, 1.82) is 0 Å². The van der Waals surface area contributed by atoms with Crippen LogP contribution in [-0.4, -0.2) is 42.5 Å². The highest BCUT2D eigenvalue weighted by molar-refractivity contribution is 5.39. The van der Waals surface area contributed by atoms with Crippen LogP contribution < -0.4 is 4.90 Å². The first-order valence-corrected chi connectivity index (χ1v) is 4.89. The maximum atomic E-state index is 12.9. The summed E-state index contributed by atoms with van der Waals surface area (Å²) in [6.07, 6.45) is 0. The largest absolute Gasteiger partial charge is 0.394 e. The van der Waals surface area contributed by atoms with Crippen molar-refractivity contribution in [3.8, 4) is 0 Å². The van der Waals surface area contributed by atoms with Crippen LogP contribution in [0.3, 0.4) is 0 Å².